The molecule has 7 nitrogen and oxygen atoms in total. The second kappa shape index (κ2) is 18.2. The highest BCUT2D eigenvalue weighted by atomic mass is 19.4. The van der Waals surface area contributed by atoms with Crippen molar-refractivity contribution in [1.82, 2.24) is 10.6 Å². The molecule has 0 radical (unpaired) electrons. The second-order valence-corrected chi connectivity index (χ2v) is 14.5. The first-order valence-corrected chi connectivity index (χ1v) is 17.2. The van der Waals surface area contributed by atoms with Gasteiger partial charge in [-0.2, -0.15) is 74.6 Å². The Morgan fingerprint density at radius 1 is 0.583 bits per heavy atom. The van der Waals surface area contributed by atoms with Gasteiger partial charge < -0.3 is 20.1 Å². The van der Waals surface area contributed by atoms with Crippen LogP contribution in [-0.4, -0.2) is 83.3 Å². The summed E-state index contributed by atoms with van der Waals surface area (Å²) >= 11 is 0. The lowest BCUT2D eigenvalue weighted by atomic mass is 9.87. The third-order valence-electron chi connectivity index (χ3n) is 8.30. The molecule has 2 N–H and O–H groups in total. The predicted octanol–water partition coefficient (Wildman–Crippen LogP) is 10.1. The molecule has 0 unspecified atom stereocenters. The normalized spacial score (nSPS) is 14.9. The van der Waals surface area contributed by atoms with Gasteiger partial charge in [0, 0.05) is 24.9 Å². The molecule has 0 aliphatic heterocycles. The Morgan fingerprint density at radius 3 is 1.53 bits per heavy atom. The Morgan fingerprint density at radius 2 is 1.05 bits per heavy atom. The van der Waals surface area contributed by atoms with Gasteiger partial charge in [-0.25, -0.2) is 4.79 Å². The molecule has 2 atom stereocenters. The third-order valence-corrected chi connectivity index (χ3v) is 8.30. The van der Waals surface area contributed by atoms with Crippen LogP contribution < -0.4 is 10.6 Å². The van der Waals surface area contributed by atoms with Gasteiger partial charge in [-0.3, -0.25) is 9.59 Å². The van der Waals surface area contributed by atoms with Gasteiger partial charge in [0.15, 0.2) is 0 Å². The number of halogens is 17. The zero-order chi connectivity index (χ0) is 46.6. The largest absolute Gasteiger partial charge is 0.461 e. The number of carbonyl (C=O) groups is 3. The number of hydrogen-bond acceptors (Lipinski definition) is 5. The first kappa shape index (κ1) is 51.6. The van der Waals surface area contributed by atoms with Gasteiger partial charge in [0.05, 0.1) is 6.42 Å². The quantitative estimate of drug-likeness (QED) is 0.108. The minimum Gasteiger partial charge on any atom is -0.461 e. The van der Waals surface area contributed by atoms with Crippen LogP contribution in [0.2, 0.25) is 0 Å². The average molecular weight is 901 g/mol. The van der Waals surface area contributed by atoms with Gasteiger partial charge in [0.1, 0.15) is 12.2 Å². The minimum absolute atomic E-state index is 0.0693. The Bertz CT molecular complexity index is 1760. The fourth-order valence-corrected chi connectivity index (χ4v) is 5.08. The predicted molar refractivity (Wildman–Crippen MR) is 175 cm³/mol. The molecule has 2 aromatic rings. The summed E-state index contributed by atoms with van der Waals surface area (Å²) < 4.78 is 241. The number of alkyl carbamates (subject to hydrolysis) is 1. The highest BCUT2D eigenvalue weighted by molar-refractivity contribution is 5.79. The number of nitrogens with one attached hydrogen (secondary N) is 2. The Balaban J connectivity index is 2.11. The van der Waals surface area contributed by atoms with Crippen molar-refractivity contribution in [3.8, 4) is 0 Å². The summed E-state index contributed by atoms with van der Waals surface area (Å²) in [6.45, 7) is 5.86. The van der Waals surface area contributed by atoms with E-state index < -0.39 is 115 Å². The molecule has 0 spiro atoms. The lowest BCUT2D eigenvalue weighted by molar-refractivity contribution is -0.461. The van der Waals surface area contributed by atoms with E-state index in [-0.39, 0.29) is 18.4 Å². The van der Waals surface area contributed by atoms with Crippen LogP contribution in [0.4, 0.5) is 79.4 Å². The number of amides is 2. The van der Waals surface area contributed by atoms with Crippen molar-refractivity contribution in [3.63, 3.8) is 0 Å². The molecule has 0 saturated heterocycles. The summed E-state index contributed by atoms with van der Waals surface area (Å²) in [5.41, 5.74) is -0.525. The molecule has 0 bridgehead atoms. The van der Waals surface area contributed by atoms with Crippen LogP contribution in [0.1, 0.15) is 63.6 Å². The van der Waals surface area contributed by atoms with Crippen molar-refractivity contribution >= 4 is 18.0 Å². The van der Waals surface area contributed by atoms with Crippen molar-refractivity contribution in [2.24, 2.45) is 0 Å². The summed E-state index contributed by atoms with van der Waals surface area (Å²) in [5.74, 6) is -58.3. The molecule has 0 aliphatic carbocycles. The van der Waals surface area contributed by atoms with Crippen LogP contribution in [0.3, 0.4) is 0 Å². The maximum atomic E-state index is 14.4. The fraction of sp³-hybridized carbons (Fsp3) is 0.583. The number of alkyl halides is 17. The average Bonchev–Trinajstić information content (AvgIpc) is 3.08. The van der Waals surface area contributed by atoms with Crippen LogP contribution in [-0.2, 0) is 38.5 Å². The smallest absolute Gasteiger partial charge is 0.460 e. The molecule has 24 heteroatoms. The standard InChI is InChI=1S/C36H37F17N2O5/c1-20(54-27(58)60-28(2,3)4)16-25(56)55-24(17-22-8-6-5-7-9-22)18-26(57)59-19-23-12-10-21(11-13-23)14-15-29(37,38)30(39,40)31(41,42)32(43,44)33(45,46)34(47,48)35(49,50)36(51,52)53/h5-13,20,24H,14-19H2,1-4H3,(H,54,58)(H,55,56)/t20-,24+/m1/s1. The molecule has 0 saturated carbocycles. The lowest BCUT2D eigenvalue weighted by Gasteiger charge is -2.42. The number of aryl methyl sites for hydroxylation is 1. The van der Waals surface area contributed by atoms with E-state index in [4.69, 9.17) is 9.47 Å². The molecule has 2 rings (SSSR count). The molecule has 2 aromatic carbocycles. The molecule has 60 heavy (non-hydrogen) atoms. The van der Waals surface area contributed by atoms with E-state index in [1.165, 1.54) is 6.92 Å². The first-order valence-electron chi connectivity index (χ1n) is 17.2. The maximum Gasteiger partial charge on any atom is 0.460 e. The van der Waals surface area contributed by atoms with E-state index >= 15 is 0 Å². The van der Waals surface area contributed by atoms with Crippen LogP contribution in [0.15, 0.2) is 54.6 Å². The molecule has 0 fully saturated rings. The number of benzene rings is 2. The summed E-state index contributed by atoms with van der Waals surface area (Å²) in [5, 5.41) is 5.14. The monoisotopic (exact) mass is 900 g/mol. The summed E-state index contributed by atoms with van der Waals surface area (Å²) in [4.78, 5) is 37.5. The Labute approximate surface area is 330 Å². The molecule has 0 heterocycles. The fourth-order valence-electron chi connectivity index (χ4n) is 5.08. The zero-order valence-electron chi connectivity index (χ0n) is 31.6. The Hall–Kier alpha value is -4.54. The third kappa shape index (κ3) is 11.6. The molecular formula is C36H37F17N2O5. The number of hydrogen-bond donors (Lipinski definition) is 2. The zero-order valence-corrected chi connectivity index (χ0v) is 31.6. The lowest BCUT2D eigenvalue weighted by Crippen LogP contribution is -2.74. The molecule has 0 aliphatic rings. The van der Waals surface area contributed by atoms with Gasteiger partial charge >= 0.3 is 59.7 Å². The van der Waals surface area contributed by atoms with Crippen molar-refractivity contribution < 1.29 is 98.5 Å². The summed E-state index contributed by atoms with van der Waals surface area (Å²) in [7, 11) is 0. The van der Waals surface area contributed by atoms with E-state index in [1.54, 1.807) is 51.1 Å². The van der Waals surface area contributed by atoms with E-state index in [2.05, 4.69) is 10.6 Å². The molecule has 340 valence electrons. The Kier molecular flexibility index (Phi) is 15.7. The van der Waals surface area contributed by atoms with Gasteiger partial charge in [-0.05, 0) is 57.2 Å². The van der Waals surface area contributed by atoms with Gasteiger partial charge in [-0.15, -0.1) is 0 Å². The van der Waals surface area contributed by atoms with E-state index in [1.807, 2.05) is 0 Å². The second-order valence-electron chi connectivity index (χ2n) is 14.5. The maximum absolute atomic E-state index is 14.4. The van der Waals surface area contributed by atoms with Crippen molar-refractivity contribution in [2.45, 2.75) is 132 Å². The summed E-state index contributed by atoms with van der Waals surface area (Å²) in [6.07, 6.45) is -13.2. The molecule has 2 amide bonds. The van der Waals surface area contributed by atoms with Crippen LogP contribution in [0, 0.1) is 0 Å². The topological polar surface area (TPSA) is 93.7 Å². The van der Waals surface area contributed by atoms with E-state index in [0.29, 0.717) is 5.56 Å². The van der Waals surface area contributed by atoms with Crippen molar-refractivity contribution in [2.75, 3.05) is 0 Å². The molecular weight excluding hydrogens is 863 g/mol. The van der Waals surface area contributed by atoms with E-state index in [0.717, 1.165) is 24.3 Å². The summed E-state index contributed by atoms with van der Waals surface area (Å²) in [6, 6.07) is 10.6. The van der Waals surface area contributed by atoms with Crippen LogP contribution in [0.5, 0.6) is 0 Å². The van der Waals surface area contributed by atoms with Crippen LogP contribution in [0.25, 0.3) is 0 Å². The number of ether oxygens (including phenoxy) is 2. The minimum atomic E-state index is -8.70. The van der Waals surface area contributed by atoms with Gasteiger partial charge in [-0.1, -0.05) is 54.6 Å². The molecule has 0 aromatic heterocycles. The van der Waals surface area contributed by atoms with Gasteiger partial charge in [0.2, 0.25) is 5.91 Å². The SMILES string of the molecule is C[C@H](CC(=O)N[C@H](CC(=O)OCc1ccc(CCC(F)(F)C(F)(F)C(F)(F)C(F)(F)C(F)(F)C(F)(F)C(F)(F)C(F)(F)F)cc1)Cc1ccccc1)NC(=O)OC(C)(C)C. The van der Waals surface area contributed by atoms with E-state index in [9.17, 15) is 89.0 Å². The van der Waals surface area contributed by atoms with Crippen LogP contribution >= 0.6 is 0 Å². The highest BCUT2D eigenvalue weighted by Gasteiger charge is 2.95. The number of carbonyl (C=O) groups excluding carboxylic acids is 3. The highest BCUT2D eigenvalue weighted by Crippen LogP contribution is 2.64. The van der Waals surface area contributed by atoms with Gasteiger partial charge in [0.25, 0.3) is 0 Å². The van der Waals surface area contributed by atoms with Crippen molar-refractivity contribution in [3.05, 3.63) is 71.3 Å². The number of rotatable bonds is 19. The van der Waals surface area contributed by atoms with Crippen molar-refractivity contribution in [1.29, 1.82) is 0 Å². The first-order chi connectivity index (χ1) is 26.9. The number of esters is 1.